The molecule has 1 N–H and O–H groups in total. The maximum atomic E-state index is 12.4. The van der Waals surface area contributed by atoms with Gasteiger partial charge in [-0.05, 0) is 36.1 Å². The number of hydrogen-bond donors (Lipinski definition) is 1. The molecule has 0 fully saturated rings. The van der Waals surface area contributed by atoms with Crippen molar-refractivity contribution in [1.29, 1.82) is 0 Å². The highest BCUT2D eigenvalue weighted by Crippen LogP contribution is 2.41. The van der Waals surface area contributed by atoms with E-state index in [0.29, 0.717) is 25.3 Å². The van der Waals surface area contributed by atoms with Gasteiger partial charge in [0.25, 0.3) is 0 Å². The van der Waals surface area contributed by atoms with Gasteiger partial charge in [-0.25, -0.2) is 4.79 Å². The molecule has 3 rings (SSSR count). The molecule has 2 aromatic rings. The zero-order valence-electron chi connectivity index (χ0n) is 15.5. The molecule has 7 heteroatoms. The van der Waals surface area contributed by atoms with Crippen molar-refractivity contribution in [1.82, 2.24) is 4.57 Å². The van der Waals surface area contributed by atoms with Gasteiger partial charge in [0, 0.05) is 24.9 Å². The predicted octanol–water partition coefficient (Wildman–Crippen LogP) is 3.65. The average molecular weight is 392 g/mol. The number of rotatable bonds is 6. The SMILES string of the molecule is COCCOc1ccc2c(c1)CC(C(C)C)n1cc(C(=O)O)c(=O)c(Cl)c1-2. The second kappa shape index (κ2) is 7.74. The van der Waals surface area contributed by atoms with Gasteiger partial charge in [0.05, 0.1) is 12.3 Å². The largest absolute Gasteiger partial charge is 0.491 e. The fourth-order valence-electron chi connectivity index (χ4n) is 3.46. The van der Waals surface area contributed by atoms with E-state index in [9.17, 15) is 14.7 Å². The Hall–Kier alpha value is -2.31. The highest BCUT2D eigenvalue weighted by atomic mass is 35.5. The third-order valence-corrected chi connectivity index (χ3v) is 5.20. The molecule has 1 atom stereocenters. The third-order valence-electron chi connectivity index (χ3n) is 4.85. The number of halogens is 1. The van der Waals surface area contributed by atoms with Crippen molar-refractivity contribution in [3.8, 4) is 17.0 Å². The normalized spacial score (nSPS) is 15.4. The molecule has 1 unspecified atom stereocenters. The van der Waals surface area contributed by atoms with E-state index < -0.39 is 11.4 Å². The first-order chi connectivity index (χ1) is 12.8. The van der Waals surface area contributed by atoms with Crippen molar-refractivity contribution in [2.75, 3.05) is 20.3 Å². The van der Waals surface area contributed by atoms with E-state index in [-0.39, 0.29) is 22.5 Å². The number of aromatic carboxylic acids is 1. The Morgan fingerprint density at radius 2 is 2.11 bits per heavy atom. The summed E-state index contributed by atoms with van der Waals surface area (Å²) in [5.41, 5.74) is 1.44. The van der Waals surface area contributed by atoms with Gasteiger partial charge < -0.3 is 19.1 Å². The van der Waals surface area contributed by atoms with Crippen LogP contribution in [0.25, 0.3) is 11.3 Å². The predicted molar refractivity (Wildman–Crippen MR) is 103 cm³/mol. The average Bonchev–Trinajstić information content (AvgIpc) is 2.63. The number of carboxylic acids is 1. The molecule has 1 aromatic carbocycles. The fourth-order valence-corrected chi connectivity index (χ4v) is 3.76. The van der Waals surface area contributed by atoms with Gasteiger partial charge in [0.15, 0.2) is 0 Å². The lowest BCUT2D eigenvalue weighted by Gasteiger charge is -2.34. The Morgan fingerprint density at radius 3 is 2.74 bits per heavy atom. The highest BCUT2D eigenvalue weighted by Gasteiger charge is 2.30. The first-order valence-electron chi connectivity index (χ1n) is 8.78. The molecule has 1 aliphatic heterocycles. The summed E-state index contributed by atoms with van der Waals surface area (Å²) >= 11 is 6.36. The number of fused-ring (bicyclic) bond motifs is 3. The van der Waals surface area contributed by atoms with Crippen LogP contribution in [0.4, 0.5) is 0 Å². The lowest BCUT2D eigenvalue weighted by Crippen LogP contribution is -2.29. The molecule has 0 amide bonds. The Bertz CT molecular complexity index is 935. The summed E-state index contributed by atoms with van der Waals surface area (Å²) in [4.78, 5) is 23.9. The summed E-state index contributed by atoms with van der Waals surface area (Å²) in [6.07, 6.45) is 2.11. The lowest BCUT2D eigenvalue weighted by atomic mass is 9.87. The van der Waals surface area contributed by atoms with E-state index in [0.717, 1.165) is 16.9 Å². The van der Waals surface area contributed by atoms with Crippen LogP contribution in [-0.2, 0) is 11.2 Å². The zero-order chi connectivity index (χ0) is 19.7. The highest BCUT2D eigenvalue weighted by molar-refractivity contribution is 6.33. The van der Waals surface area contributed by atoms with Gasteiger partial charge in [-0.15, -0.1) is 0 Å². The molecular formula is C20H22ClNO5. The zero-order valence-corrected chi connectivity index (χ0v) is 16.2. The van der Waals surface area contributed by atoms with Crippen LogP contribution in [0.5, 0.6) is 5.75 Å². The molecule has 0 spiro atoms. The van der Waals surface area contributed by atoms with Gasteiger partial charge in [-0.1, -0.05) is 25.4 Å². The van der Waals surface area contributed by atoms with Crippen molar-refractivity contribution in [3.63, 3.8) is 0 Å². The van der Waals surface area contributed by atoms with Crippen LogP contribution in [0.15, 0.2) is 29.2 Å². The number of carboxylic acid groups (broad SMARTS) is 1. The molecule has 0 saturated carbocycles. The molecule has 1 aromatic heterocycles. The monoisotopic (exact) mass is 391 g/mol. The van der Waals surface area contributed by atoms with Crippen LogP contribution >= 0.6 is 11.6 Å². The summed E-state index contributed by atoms with van der Waals surface area (Å²) < 4.78 is 12.5. The number of methoxy groups -OCH3 is 1. The van der Waals surface area contributed by atoms with Gasteiger partial charge in [0.2, 0.25) is 5.43 Å². The van der Waals surface area contributed by atoms with Crippen molar-refractivity contribution in [2.45, 2.75) is 26.3 Å². The molecule has 144 valence electrons. The van der Waals surface area contributed by atoms with E-state index in [4.69, 9.17) is 21.1 Å². The first-order valence-corrected chi connectivity index (χ1v) is 9.16. The Kier molecular flexibility index (Phi) is 5.58. The topological polar surface area (TPSA) is 77.8 Å². The van der Waals surface area contributed by atoms with Crippen LogP contribution in [0.3, 0.4) is 0 Å². The number of benzene rings is 1. The van der Waals surface area contributed by atoms with Crippen LogP contribution in [0.1, 0.15) is 35.8 Å². The van der Waals surface area contributed by atoms with Crippen LogP contribution in [0, 0.1) is 5.92 Å². The Balaban J connectivity index is 2.16. The quantitative estimate of drug-likeness (QED) is 0.760. The maximum absolute atomic E-state index is 12.4. The van der Waals surface area contributed by atoms with Crippen LogP contribution < -0.4 is 10.2 Å². The van der Waals surface area contributed by atoms with Crippen molar-refractivity contribution in [3.05, 3.63) is 50.8 Å². The van der Waals surface area contributed by atoms with Crippen LogP contribution in [0.2, 0.25) is 5.02 Å². The summed E-state index contributed by atoms with van der Waals surface area (Å²) in [7, 11) is 1.62. The minimum Gasteiger partial charge on any atom is -0.491 e. The number of aromatic nitrogens is 1. The van der Waals surface area contributed by atoms with E-state index in [1.807, 2.05) is 22.8 Å². The fraction of sp³-hybridized carbons (Fsp3) is 0.400. The van der Waals surface area contributed by atoms with E-state index >= 15 is 0 Å². The molecule has 0 radical (unpaired) electrons. The molecule has 2 heterocycles. The molecule has 27 heavy (non-hydrogen) atoms. The number of carbonyl (C=O) groups is 1. The Labute approximate surface area is 162 Å². The maximum Gasteiger partial charge on any atom is 0.341 e. The minimum atomic E-state index is -1.27. The second-order valence-electron chi connectivity index (χ2n) is 6.92. The third kappa shape index (κ3) is 3.59. The van der Waals surface area contributed by atoms with E-state index in [1.54, 1.807) is 7.11 Å². The number of nitrogens with zero attached hydrogens (tertiary/aromatic N) is 1. The van der Waals surface area contributed by atoms with E-state index in [1.165, 1.54) is 6.20 Å². The molecule has 1 aliphatic rings. The van der Waals surface area contributed by atoms with Crippen molar-refractivity contribution >= 4 is 17.6 Å². The summed E-state index contributed by atoms with van der Waals surface area (Å²) in [6, 6.07) is 5.62. The van der Waals surface area contributed by atoms with Gasteiger partial charge in [-0.3, -0.25) is 4.79 Å². The molecule has 0 bridgehead atoms. The smallest absolute Gasteiger partial charge is 0.341 e. The van der Waals surface area contributed by atoms with E-state index in [2.05, 4.69) is 13.8 Å². The molecule has 6 nitrogen and oxygen atoms in total. The number of pyridine rings is 1. The van der Waals surface area contributed by atoms with Crippen molar-refractivity contribution < 1.29 is 19.4 Å². The minimum absolute atomic E-state index is 0.0158. The summed E-state index contributed by atoms with van der Waals surface area (Å²) in [5, 5.41) is 9.29. The van der Waals surface area contributed by atoms with Gasteiger partial charge in [-0.2, -0.15) is 0 Å². The summed E-state index contributed by atoms with van der Waals surface area (Å²) in [5.74, 6) is -0.329. The van der Waals surface area contributed by atoms with Crippen molar-refractivity contribution in [2.24, 2.45) is 5.92 Å². The summed E-state index contributed by atoms with van der Waals surface area (Å²) in [6.45, 7) is 5.06. The Morgan fingerprint density at radius 1 is 1.37 bits per heavy atom. The number of hydrogen-bond acceptors (Lipinski definition) is 4. The molecule has 0 saturated heterocycles. The van der Waals surface area contributed by atoms with Gasteiger partial charge in [0.1, 0.15) is 22.9 Å². The molecular weight excluding hydrogens is 370 g/mol. The van der Waals surface area contributed by atoms with Gasteiger partial charge >= 0.3 is 5.97 Å². The lowest BCUT2D eigenvalue weighted by molar-refractivity contribution is 0.0694. The van der Waals surface area contributed by atoms with Crippen LogP contribution in [-0.4, -0.2) is 36.0 Å². The second-order valence-corrected chi connectivity index (χ2v) is 7.30. The molecule has 0 aliphatic carbocycles. The standard InChI is InChI=1S/C20H22ClNO5/c1-11(2)16-9-12-8-13(27-7-6-26-3)4-5-14(12)18-17(21)19(23)15(20(24)25)10-22(16)18/h4-5,8,10-11,16H,6-7,9H2,1-3H3,(H,24,25). The first kappa shape index (κ1) is 19.5. The number of ether oxygens (including phenoxy) is 2.